The molecule has 0 fully saturated rings. The highest BCUT2D eigenvalue weighted by molar-refractivity contribution is 7.89. The van der Waals surface area contributed by atoms with E-state index < -0.39 is 10.0 Å². The minimum Gasteiger partial charge on any atom is -0.465 e. The highest BCUT2D eigenvalue weighted by atomic mass is 32.2. The van der Waals surface area contributed by atoms with Gasteiger partial charge >= 0.3 is 0 Å². The third-order valence-electron chi connectivity index (χ3n) is 4.02. The van der Waals surface area contributed by atoms with E-state index in [9.17, 15) is 13.2 Å². The zero-order valence-corrected chi connectivity index (χ0v) is 16.1. The molecule has 1 aromatic heterocycles. The Morgan fingerprint density at radius 3 is 2.39 bits per heavy atom. The van der Waals surface area contributed by atoms with Gasteiger partial charge in [0.05, 0.1) is 11.2 Å². The van der Waals surface area contributed by atoms with Crippen LogP contribution >= 0.6 is 0 Å². The molecule has 0 saturated carbocycles. The number of hydrogen-bond acceptors (Lipinski definition) is 4. The van der Waals surface area contributed by atoms with Gasteiger partial charge in [-0.05, 0) is 48.0 Å². The number of benzene rings is 2. The van der Waals surface area contributed by atoms with Gasteiger partial charge in [0.2, 0.25) is 15.9 Å². The van der Waals surface area contributed by atoms with E-state index in [1.807, 2.05) is 30.3 Å². The largest absolute Gasteiger partial charge is 0.465 e. The Bertz CT molecular complexity index is 1040. The Balaban J connectivity index is 1.64. The van der Waals surface area contributed by atoms with Crippen LogP contribution in [-0.4, -0.2) is 25.7 Å². The number of carbonyl (C=O) groups is 1. The fourth-order valence-corrected chi connectivity index (χ4v) is 3.70. The van der Waals surface area contributed by atoms with Gasteiger partial charge in [0.25, 0.3) is 0 Å². The maximum absolute atomic E-state index is 12.7. The van der Waals surface area contributed by atoms with Gasteiger partial charge in [-0.3, -0.25) is 4.79 Å². The first-order valence-corrected chi connectivity index (χ1v) is 10.0. The van der Waals surface area contributed by atoms with E-state index in [1.54, 1.807) is 30.3 Å². The van der Waals surface area contributed by atoms with E-state index in [1.165, 1.54) is 35.8 Å². The van der Waals surface area contributed by atoms with Crippen LogP contribution in [0.2, 0.25) is 0 Å². The molecule has 0 bridgehead atoms. The van der Waals surface area contributed by atoms with E-state index in [4.69, 9.17) is 4.42 Å². The number of furan rings is 1. The molecule has 0 aliphatic heterocycles. The molecule has 0 saturated heterocycles. The summed E-state index contributed by atoms with van der Waals surface area (Å²) in [6.07, 6.45) is 4.41. The van der Waals surface area contributed by atoms with Crippen molar-refractivity contribution in [2.75, 3.05) is 12.4 Å². The number of hydrogen-bond donors (Lipinski definition) is 1. The predicted octanol–water partition coefficient (Wildman–Crippen LogP) is 3.75. The lowest BCUT2D eigenvalue weighted by molar-refractivity contribution is -0.111. The first-order valence-electron chi connectivity index (χ1n) is 8.58. The van der Waals surface area contributed by atoms with Crippen molar-refractivity contribution in [2.24, 2.45) is 0 Å². The normalized spacial score (nSPS) is 11.8. The van der Waals surface area contributed by atoms with Crippen LogP contribution in [0.3, 0.4) is 0 Å². The molecule has 1 heterocycles. The third kappa shape index (κ3) is 4.97. The standard InChI is InChI=1S/C21H20N2O4S/c1-23(16-17-6-3-2-4-7-17)28(25,26)20-12-9-18(10-13-20)22-21(24)14-11-19-8-5-15-27-19/h2-15H,16H2,1H3,(H,22,24). The van der Waals surface area contributed by atoms with Crippen molar-refractivity contribution in [3.8, 4) is 0 Å². The summed E-state index contributed by atoms with van der Waals surface area (Å²) in [6, 6.07) is 18.9. The van der Waals surface area contributed by atoms with Crippen LogP contribution in [0.5, 0.6) is 0 Å². The smallest absolute Gasteiger partial charge is 0.248 e. The van der Waals surface area contributed by atoms with Crippen LogP contribution in [0.4, 0.5) is 5.69 Å². The number of nitrogens with zero attached hydrogens (tertiary/aromatic N) is 1. The molecule has 0 spiro atoms. The summed E-state index contributed by atoms with van der Waals surface area (Å²) < 4.78 is 31.8. The molecule has 1 amide bonds. The first-order chi connectivity index (χ1) is 13.4. The lowest BCUT2D eigenvalue weighted by Crippen LogP contribution is -2.26. The van der Waals surface area contributed by atoms with Gasteiger partial charge in [-0.1, -0.05) is 30.3 Å². The van der Waals surface area contributed by atoms with Crippen LogP contribution in [0.1, 0.15) is 11.3 Å². The lowest BCUT2D eigenvalue weighted by Gasteiger charge is -2.17. The molecule has 144 valence electrons. The van der Waals surface area contributed by atoms with Gasteiger partial charge in [0, 0.05) is 25.4 Å². The predicted molar refractivity (Wildman–Crippen MR) is 108 cm³/mol. The van der Waals surface area contributed by atoms with Crippen molar-refractivity contribution in [2.45, 2.75) is 11.4 Å². The summed E-state index contributed by atoms with van der Waals surface area (Å²) in [7, 11) is -2.09. The molecule has 3 rings (SSSR count). The number of amides is 1. The van der Waals surface area contributed by atoms with E-state index >= 15 is 0 Å². The van der Waals surface area contributed by atoms with Gasteiger partial charge < -0.3 is 9.73 Å². The van der Waals surface area contributed by atoms with Crippen molar-refractivity contribution in [1.82, 2.24) is 4.31 Å². The zero-order chi connectivity index (χ0) is 20.0. The molecule has 0 unspecified atom stereocenters. The topological polar surface area (TPSA) is 79.6 Å². The van der Waals surface area contributed by atoms with Crippen LogP contribution < -0.4 is 5.32 Å². The summed E-state index contributed by atoms with van der Waals surface area (Å²) in [4.78, 5) is 12.1. The molecule has 0 atom stereocenters. The molecule has 0 radical (unpaired) electrons. The molecule has 0 aliphatic carbocycles. The summed E-state index contributed by atoms with van der Waals surface area (Å²) in [5.74, 6) is 0.228. The molecule has 1 N–H and O–H groups in total. The van der Waals surface area contributed by atoms with Crippen molar-refractivity contribution in [3.63, 3.8) is 0 Å². The number of anilines is 1. The maximum Gasteiger partial charge on any atom is 0.248 e. The second-order valence-corrected chi connectivity index (χ2v) is 8.15. The maximum atomic E-state index is 12.7. The summed E-state index contributed by atoms with van der Waals surface area (Å²) >= 11 is 0. The molecule has 6 nitrogen and oxygen atoms in total. The molecule has 0 aliphatic rings. The van der Waals surface area contributed by atoms with Gasteiger partial charge in [-0.25, -0.2) is 8.42 Å². The van der Waals surface area contributed by atoms with Crippen molar-refractivity contribution in [1.29, 1.82) is 0 Å². The molecular weight excluding hydrogens is 376 g/mol. The SMILES string of the molecule is CN(Cc1ccccc1)S(=O)(=O)c1ccc(NC(=O)C=Cc2ccco2)cc1. The second-order valence-electron chi connectivity index (χ2n) is 6.11. The average molecular weight is 396 g/mol. The number of sulfonamides is 1. The first kappa shape index (κ1) is 19.6. The molecule has 2 aromatic carbocycles. The Kier molecular flexibility index (Phi) is 6.08. The minimum absolute atomic E-state index is 0.162. The van der Waals surface area contributed by atoms with E-state index in [0.29, 0.717) is 11.4 Å². The quantitative estimate of drug-likeness (QED) is 0.617. The number of carbonyl (C=O) groups excluding carboxylic acids is 1. The Morgan fingerprint density at radius 1 is 1.04 bits per heavy atom. The van der Waals surface area contributed by atoms with Gasteiger partial charge in [0.1, 0.15) is 5.76 Å². The van der Waals surface area contributed by atoms with Crippen molar-refractivity contribution < 1.29 is 17.6 Å². The fraction of sp³-hybridized carbons (Fsp3) is 0.0952. The Morgan fingerprint density at radius 2 is 1.75 bits per heavy atom. The molecule has 28 heavy (non-hydrogen) atoms. The summed E-state index contributed by atoms with van der Waals surface area (Å²) in [5.41, 5.74) is 1.40. The number of nitrogens with one attached hydrogen (secondary N) is 1. The van der Waals surface area contributed by atoms with E-state index in [-0.39, 0.29) is 17.3 Å². The molecule has 3 aromatic rings. The van der Waals surface area contributed by atoms with Crippen molar-refractivity contribution in [3.05, 3.63) is 90.4 Å². The minimum atomic E-state index is -3.63. The highest BCUT2D eigenvalue weighted by Crippen LogP contribution is 2.19. The van der Waals surface area contributed by atoms with Gasteiger partial charge in [0.15, 0.2) is 0 Å². The van der Waals surface area contributed by atoms with Crippen LogP contribution in [0.25, 0.3) is 6.08 Å². The van der Waals surface area contributed by atoms with Gasteiger partial charge in [-0.15, -0.1) is 0 Å². The van der Waals surface area contributed by atoms with Crippen molar-refractivity contribution >= 4 is 27.7 Å². The fourth-order valence-electron chi connectivity index (χ4n) is 2.54. The molecule has 7 heteroatoms. The third-order valence-corrected chi connectivity index (χ3v) is 5.84. The lowest BCUT2D eigenvalue weighted by atomic mass is 10.2. The Hall–Kier alpha value is -3.16. The van der Waals surface area contributed by atoms with Crippen LogP contribution in [0.15, 0.2) is 88.4 Å². The monoisotopic (exact) mass is 396 g/mol. The van der Waals surface area contributed by atoms with E-state index in [0.717, 1.165) is 5.56 Å². The van der Waals surface area contributed by atoms with Crippen LogP contribution in [0, 0.1) is 0 Å². The summed E-state index contributed by atoms with van der Waals surface area (Å²) in [5, 5.41) is 2.68. The zero-order valence-electron chi connectivity index (χ0n) is 15.3. The van der Waals surface area contributed by atoms with Crippen LogP contribution in [-0.2, 0) is 21.4 Å². The van der Waals surface area contributed by atoms with E-state index in [2.05, 4.69) is 5.32 Å². The molecular formula is C21H20N2O4S. The Labute approximate surface area is 164 Å². The average Bonchev–Trinajstić information content (AvgIpc) is 3.21. The highest BCUT2D eigenvalue weighted by Gasteiger charge is 2.20. The van der Waals surface area contributed by atoms with Gasteiger partial charge in [-0.2, -0.15) is 4.31 Å². The number of rotatable bonds is 7. The summed E-state index contributed by atoms with van der Waals surface area (Å²) in [6.45, 7) is 0.277. The second kappa shape index (κ2) is 8.69.